The van der Waals surface area contributed by atoms with Crippen LogP contribution in [-0.2, 0) is 11.3 Å². The van der Waals surface area contributed by atoms with Gasteiger partial charge in [-0.05, 0) is 18.9 Å². The summed E-state index contributed by atoms with van der Waals surface area (Å²) in [5.41, 5.74) is 1.04. The maximum Gasteiger partial charge on any atom is 0.142 e. The Hall–Kier alpha value is -1.28. The number of para-hydroxylation sites is 1. The first-order valence-corrected chi connectivity index (χ1v) is 7.14. The lowest BCUT2D eigenvalue weighted by atomic mass is 10.2. The van der Waals surface area contributed by atoms with E-state index in [0.29, 0.717) is 31.2 Å². The summed E-state index contributed by atoms with van der Waals surface area (Å²) in [5.74, 6) is 0.732. The molecule has 5 heteroatoms. The summed E-state index contributed by atoms with van der Waals surface area (Å²) < 4.78 is 10.7. The molecule has 0 saturated carbocycles. The van der Waals surface area contributed by atoms with Crippen molar-refractivity contribution < 1.29 is 9.47 Å². The SMILES string of the molecule is COCCNCc1cccc(Cl)c1OCCCCC#N. The minimum atomic E-state index is 0.567. The van der Waals surface area contributed by atoms with Gasteiger partial charge in [-0.25, -0.2) is 0 Å². The fourth-order valence-corrected chi connectivity index (χ4v) is 1.98. The lowest BCUT2D eigenvalue weighted by Gasteiger charge is -2.13. The van der Waals surface area contributed by atoms with Crippen LogP contribution in [0.2, 0.25) is 5.02 Å². The quantitative estimate of drug-likeness (QED) is 0.674. The van der Waals surface area contributed by atoms with Gasteiger partial charge < -0.3 is 14.8 Å². The van der Waals surface area contributed by atoms with Crippen LogP contribution in [0.25, 0.3) is 0 Å². The number of ether oxygens (including phenoxy) is 2. The van der Waals surface area contributed by atoms with Crippen LogP contribution in [-0.4, -0.2) is 26.9 Å². The van der Waals surface area contributed by atoms with E-state index >= 15 is 0 Å². The molecular formula is C15H21ClN2O2. The van der Waals surface area contributed by atoms with E-state index in [4.69, 9.17) is 26.3 Å². The monoisotopic (exact) mass is 296 g/mol. The highest BCUT2D eigenvalue weighted by molar-refractivity contribution is 6.32. The Morgan fingerprint density at radius 2 is 2.15 bits per heavy atom. The van der Waals surface area contributed by atoms with Gasteiger partial charge >= 0.3 is 0 Å². The Kier molecular flexibility index (Phi) is 8.81. The molecule has 0 spiro atoms. The molecule has 1 N–H and O–H groups in total. The van der Waals surface area contributed by atoms with Crippen LogP contribution in [0, 0.1) is 11.3 Å². The summed E-state index contributed by atoms with van der Waals surface area (Å²) >= 11 is 6.18. The highest BCUT2D eigenvalue weighted by Crippen LogP contribution is 2.28. The van der Waals surface area contributed by atoms with E-state index in [1.54, 1.807) is 7.11 Å². The summed E-state index contributed by atoms with van der Waals surface area (Å²) in [6.07, 6.45) is 2.27. The molecule has 0 atom stereocenters. The summed E-state index contributed by atoms with van der Waals surface area (Å²) in [7, 11) is 1.68. The molecular weight excluding hydrogens is 276 g/mol. The predicted molar refractivity (Wildman–Crippen MR) is 80.0 cm³/mol. The number of nitriles is 1. The molecule has 0 aliphatic carbocycles. The van der Waals surface area contributed by atoms with Gasteiger partial charge in [0.15, 0.2) is 0 Å². The molecule has 4 nitrogen and oxygen atoms in total. The number of unbranched alkanes of at least 4 members (excludes halogenated alkanes) is 2. The molecule has 0 aliphatic heterocycles. The molecule has 0 unspecified atom stereocenters. The number of nitrogens with one attached hydrogen (secondary N) is 1. The minimum absolute atomic E-state index is 0.567. The fraction of sp³-hybridized carbons (Fsp3) is 0.533. The lowest BCUT2D eigenvalue weighted by molar-refractivity contribution is 0.199. The summed E-state index contributed by atoms with van der Waals surface area (Å²) in [6, 6.07) is 7.86. The zero-order valence-electron chi connectivity index (χ0n) is 11.8. The van der Waals surface area contributed by atoms with E-state index in [1.165, 1.54) is 0 Å². The molecule has 0 bridgehead atoms. The maximum absolute atomic E-state index is 8.48. The second-order valence-electron chi connectivity index (χ2n) is 4.36. The van der Waals surface area contributed by atoms with Gasteiger partial charge in [0, 0.05) is 32.2 Å². The van der Waals surface area contributed by atoms with Crippen LogP contribution in [0.1, 0.15) is 24.8 Å². The first-order chi connectivity index (χ1) is 9.79. The molecule has 0 aromatic heterocycles. The van der Waals surface area contributed by atoms with E-state index in [2.05, 4.69) is 11.4 Å². The lowest BCUT2D eigenvalue weighted by Crippen LogP contribution is -2.19. The van der Waals surface area contributed by atoms with Crippen LogP contribution >= 0.6 is 11.6 Å². The van der Waals surface area contributed by atoms with Crippen LogP contribution in [0.3, 0.4) is 0 Å². The molecule has 110 valence electrons. The zero-order chi connectivity index (χ0) is 14.6. The Bertz CT molecular complexity index is 432. The summed E-state index contributed by atoms with van der Waals surface area (Å²) in [6.45, 7) is 2.73. The van der Waals surface area contributed by atoms with E-state index in [1.807, 2.05) is 18.2 Å². The fourth-order valence-electron chi connectivity index (χ4n) is 1.73. The Morgan fingerprint density at radius 1 is 1.30 bits per heavy atom. The number of benzene rings is 1. The Balaban J connectivity index is 2.48. The molecule has 0 aliphatic rings. The number of nitrogens with zero attached hydrogens (tertiary/aromatic N) is 1. The van der Waals surface area contributed by atoms with E-state index in [9.17, 15) is 0 Å². The van der Waals surface area contributed by atoms with Crippen molar-refractivity contribution in [3.8, 4) is 11.8 Å². The standard InChI is InChI=1S/C15H21ClN2O2/c1-19-11-9-18-12-13-6-5-7-14(16)15(13)20-10-4-2-3-8-17/h5-7,18H,2-4,9-12H2,1H3. The first kappa shape index (κ1) is 16.8. The maximum atomic E-state index is 8.48. The average Bonchev–Trinajstić information content (AvgIpc) is 2.45. The number of methoxy groups -OCH3 is 1. The van der Waals surface area contributed by atoms with Crippen molar-refractivity contribution in [3.05, 3.63) is 28.8 Å². The Labute approximate surface area is 125 Å². The van der Waals surface area contributed by atoms with Gasteiger partial charge in [-0.3, -0.25) is 0 Å². The molecule has 0 heterocycles. The number of halogens is 1. The van der Waals surface area contributed by atoms with Crippen molar-refractivity contribution in [1.29, 1.82) is 5.26 Å². The van der Waals surface area contributed by atoms with Crippen LogP contribution in [0.15, 0.2) is 18.2 Å². The number of rotatable bonds is 10. The zero-order valence-corrected chi connectivity index (χ0v) is 12.6. The number of hydrogen-bond acceptors (Lipinski definition) is 4. The third-order valence-corrected chi connectivity index (χ3v) is 3.07. The van der Waals surface area contributed by atoms with Crippen molar-refractivity contribution in [2.24, 2.45) is 0 Å². The van der Waals surface area contributed by atoms with E-state index in [0.717, 1.165) is 30.7 Å². The van der Waals surface area contributed by atoms with Gasteiger partial charge in [-0.2, -0.15) is 5.26 Å². The third-order valence-electron chi connectivity index (χ3n) is 2.78. The van der Waals surface area contributed by atoms with Crippen molar-refractivity contribution in [3.63, 3.8) is 0 Å². The largest absolute Gasteiger partial charge is 0.492 e. The van der Waals surface area contributed by atoms with Gasteiger partial charge in [-0.1, -0.05) is 23.7 Å². The van der Waals surface area contributed by atoms with Crippen LogP contribution in [0.4, 0.5) is 0 Å². The smallest absolute Gasteiger partial charge is 0.142 e. The van der Waals surface area contributed by atoms with Gasteiger partial charge in [0.25, 0.3) is 0 Å². The topological polar surface area (TPSA) is 54.3 Å². The van der Waals surface area contributed by atoms with E-state index < -0.39 is 0 Å². The average molecular weight is 297 g/mol. The van der Waals surface area contributed by atoms with Gasteiger partial charge in [0.2, 0.25) is 0 Å². The molecule has 0 saturated heterocycles. The highest BCUT2D eigenvalue weighted by Gasteiger charge is 2.08. The van der Waals surface area contributed by atoms with Crippen molar-refractivity contribution in [2.75, 3.05) is 26.9 Å². The molecule has 1 aromatic carbocycles. The second-order valence-corrected chi connectivity index (χ2v) is 4.77. The minimum Gasteiger partial charge on any atom is -0.492 e. The van der Waals surface area contributed by atoms with Crippen molar-refractivity contribution in [2.45, 2.75) is 25.8 Å². The van der Waals surface area contributed by atoms with Crippen molar-refractivity contribution >= 4 is 11.6 Å². The molecule has 0 amide bonds. The molecule has 1 rings (SSSR count). The first-order valence-electron chi connectivity index (χ1n) is 6.76. The molecule has 20 heavy (non-hydrogen) atoms. The number of hydrogen-bond donors (Lipinski definition) is 1. The summed E-state index contributed by atoms with van der Waals surface area (Å²) in [4.78, 5) is 0. The van der Waals surface area contributed by atoms with Crippen LogP contribution in [0.5, 0.6) is 5.75 Å². The van der Waals surface area contributed by atoms with Gasteiger partial charge in [0.1, 0.15) is 5.75 Å². The van der Waals surface area contributed by atoms with Gasteiger partial charge in [0.05, 0.1) is 24.3 Å². The molecule has 0 radical (unpaired) electrons. The van der Waals surface area contributed by atoms with E-state index in [-0.39, 0.29) is 0 Å². The third kappa shape index (κ3) is 6.25. The van der Waals surface area contributed by atoms with Gasteiger partial charge in [-0.15, -0.1) is 0 Å². The summed E-state index contributed by atoms with van der Waals surface area (Å²) in [5, 5.41) is 12.4. The van der Waals surface area contributed by atoms with Crippen molar-refractivity contribution in [1.82, 2.24) is 5.32 Å². The molecule has 0 fully saturated rings. The molecule has 1 aromatic rings. The highest BCUT2D eigenvalue weighted by atomic mass is 35.5. The predicted octanol–water partition coefficient (Wildman–Crippen LogP) is 3.15. The van der Waals surface area contributed by atoms with Crippen LogP contribution < -0.4 is 10.1 Å². The second kappa shape index (κ2) is 10.5. The normalized spacial score (nSPS) is 10.2. The Morgan fingerprint density at radius 3 is 2.90 bits per heavy atom.